The van der Waals surface area contributed by atoms with Crippen LogP contribution in [0.1, 0.15) is 16.1 Å². The zero-order valence-electron chi connectivity index (χ0n) is 12.0. The third kappa shape index (κ3) is 3.49. The van der Waals surface area contributed by atoms with E-state index in [9.17, 15) is 9.59 Å². The van der Waals surface area contributed by atoms with E-state index in [1.54, 1.807) is 31.3 Å². The molecule has 1 aromatic carbocycles. The first-order valence-corrected chi connectivity index (χ1v) is 7.08. The Bertz CT molecular complexity index is 706. The highest BCUT2D eigenvalue weighted by atomic mass is 35.5. The Kier molecular flexibility index (Phi) is 5.24. The van der Waals surface area contributed by atoms with Gasteiger partial charge in [0.2, 0.25) is 0 Å². The fourth-order valence-electron chi connectivity index (χ4n) is 2.06. The highest BCUT2D eigenvalue weighted by Gasteiger charge is 2.20. The van der Waals surface area contributed by atoms with Crippen LogP contribution in [0.3, 0.4) is 0 Å². The number of imidazole rings is 1. The number of benzene rings is 1. The van der Waals surface area contributed by atoms with E-state index >= 15 is 0 Å². The van der Waals surface area contributed by atoms with Gasteiger partial charge in [0.15, 0.2) is 5.69 Å². The molecular weight excluding hydrogens is 308 g/mol. The summed E-state index contributed by atoms with van der Waals surface area (Å²) in [5, 5.41) is 14.7. The minimum atomic E-state index is -0.439. The molecule has 2 rings (SSSR count). The van der Waals surface area contributed by atoms with Crippen molar-refractivity contribution in [3.05, 3.63) is 51.0 Å². The molecule has 0 saturated heterocycles. The van der Waals surface area contributed by atoms with Crippen LogP contribution in [0.25, 0.3) is 0 Å². The Morgan fingerprint density at radius 2 is 2.05 bits per heavy atom. The molecule has 0 fully saturated rings. The fraction of sp³-hybridized carbons (Fsp3) is 0.286. The SMILES string of the molecule is CNc1[nH]c(=O)n(Cc2ccc(Cl)cc2)c1C(=O)NCCO. The highest BCUT2D eigenvalue weighted by Crippen LogP contribution is 2.14. The molecule has 0 bridgehead atoms. The first kappa shape index (κ1) is 16.1. The van der Waals surface area contributed by atoms with Crippen molar-refractivity contribution in [1.29, 1.82) is 0 Å². The number of hydrogen-bond acceptors (Lipinski definition) is 4. The quantitative estimate of drug-likeness (QED) is 0.626. The first-order chi connectivity index (χ1) is 10.6. The summed E-state index contributed by atoms with van der Waals surface area (Å²) in [7, 11) is 1.61. The number of hydrogen-bond donors (Lipinski definition) is 4. The van der Waals surface area contributed by atoms with Crippen LogP contribution in [-0.2, 0) is 6.54 Å². The summed E-state index contributed by atoms with van der Waals surface area (Å²) in [4.78, 5) is 26.9. The molecule has 0 aliphatic rings. The minimum absolute atomic E-state index is 0.113. The van der Waals surface area contributed by atoms with Gasteiger partial charge in [0, 0.05) is 18.6 Å². The molecule has 0 saturated carbocycles. The molecule has 7 nitrogen and oxygen atoms in total. The maximum Gasteiger partial charge on any atom is 0.328 e. The van der Waals surface area contributed by atoms with Crippen molar-refractivity contribution < 1.29 is 9.90 Å². The van der Waals surface area contributed by atoms with E-state index in [1.807, 2.05) is 0 Å². The van der Waals surface area contributed by atoms with Gasteiger partial charge < -0.3 is 15.7 Å². The molecule has 0 atom stereocenters. The lowest BCUT2D eigenvalue weighted by atomic mass is 10.2. The molecule has 4 N–H and O–H groups in total. The van der Waals surface area contributed by atoms with Gasteiger partial charge in [-0.1, -0.05) is 23.7 Å². The minimum Gasteiger partial charge on any atom is -0.395 e. The number of amides is 1. The predicted octanol–water partition coefficient (Wildman–Crippen LogP) is 0.642. The average Bonchev–Trinajstić information content (AvgIpc) is 2.83. The van der Waals surface area contributed by atoms with Crippen LogP contribution in [0.2, 0.25) is 5.02 Å². The summed E-state index contributed by atoms with van der Waals surface area (Å²) in [6, 6.07) is 7.02. The Morgan fingerprint density at radius 1 is 1.36 bits per heavy atom. The van der Waals surface area contributed by atoms with Gasteiger partial charge in [0.1, 0.15) is 5.82 Å². The lowest BCUT2D eigenvalue weighted by molar-refractivity contribution is 0.0936. The monoisotopic (exact) mass is 324 g/mol. The molecule has 0 aliphatic heterocycles. The number of carbonyl (C=O) groups excluding carboxylic acids is 1. The molecule has 2 aromatic rings. The molecule has 22 heavy (non-hydrogen) atoms. The number of halogens is 1. The lowest BCUT2D eigenvalue weighted by Crippen LogP contribution is -2.31. The van der Waals surface area contributed by atoms with E-state index < -0.39 is 11.6 Å². The van der Waals surface area contributed by atoms with E-state index in [0.29, 0.717) is 10.8 Å². The molecule has 0 aliphatic carbocycles. The molecule has 118 valence electrons. The first-order valence-electron chi connectivity index (χ1n) is 6.71. The Labute approximate surface area is 131 Å². The van der Waals surface area contributed by atoms with Gasteiger partial charge >= 0.3 is 5.69 Å². The Balaban J connectivity index is 2.37. The van der Waals surface area contributed by atoms with Crippen molar-refractivity contribution in [2.45, 2.75) is 6.54 Å². The second kappa shape index (κ2) is 7.15. The number of aliphatic hydroxyl groups excluding tert-OH is 1. The largest absolute Gasteiger partial charge is 0.395 e. The summed E-state index contributed by atoms with van der Waals surface area (Å²) in [6.07, 6.45) is 0. The smallest absolute Gasteiger partial charge is 0.328 e. The lowest BCUT2D eigenvalue weighted by Gasteiger charge is -2.09. The summed E-state index contributed by atoms with van der Waals surface area (Å²) in [5.41, 5.74) is 0.633. The van der Waals surface area contributed by atoms with Crippen LogP contribution in [0.15, 0.2) is 29.1 Å². The van der Waals surface area contributed by atoms with E-state index in [4.69, 9.17) is 16.7 Å². The number of rotatable bonds is 6. The number of H-pyrrole nitrogens is 1. The summed E-state index contributed by atoms with van der Waals surface area (Å²) < 4.78 is 1.34. The fourth-order valence-corrected chi connectivity index (χ4v) is 2.19. The third-order valence-corrected chi connectivity index (χ3v) is 3.35. The van der Waals surface area contributed by atoms with Crippen molar-refractivity contribution in [3.8, 4) is 0 Å². The maximum absolute atomic E-state index is 12.2. The number of aromatic nitrogens is 2. The number of anilines is 1. The van der Waals surface area contributed by atoms with Crippen LogP contribution in [0, 0.1) is 0 Å². The zero-order valence-corrected chi connectivity index (χ0v) is 12.8. The van der Waals surface area contributed by atoms with Gasteiger partial charge in [0.05, 0.1) is 13.2 Å². The Morgan fingerprint density at radius 3 is 2.64 bits per heavy atom. The van der Waals surface area contributed by atoms with Gasteiger partial charge in [-0.2, -0.15) is 0 Å². The van der Waals surface area contributed by atoms with Gasteiger partial charge in [-0.25, -0.2) is 4.79 Å². The Hall–Kier alpha value is -2.25. The van der Waals surface area contributed by atoms with Crippen LogP contribution >= 0.6 is 11.6 Å². The standard InChI is InChI=1S/C14H17ClN4O3/c1-16-12-11(13(21)17-6-7-20)19(14(22)18-12)8-9-2-4-10(15)5-3-9/h2-5,16,20H,6-8H2,1H3,(H,17,21)(H,18,22). The second-order valence-electron chi connectivity index (χ2n) is 4.60. The van der Waals surface area contributed by atoms with Gasteiger partial charge in [-0.3, -0.25) is 14.3 Å². The van der Waals surface area contributed by atoms with E-state index in [2.05, 4.69) is 15.6 Å². The zero-order chi connectivity index (χ0) is 16.1. The third-order valence-electron chi connectivity index (χ3n) is 3.10. The van der Waals surface area contributed by atoms with Crippen molar-refractivity contribution in [2.24, 2.45) is 0 Å². The van der Waals surface area contributed by atoms with Gasteiger partial charge in [-0.05, 0) is 17.7 Å². The molecule has 1 heterocycles. The van der Waals surface area contributed by atoms with Crippen LogP contribution in [0.5, 0.6) is 0 Å². The van der Waals surface area contributed by atoms with Crippen molar-refractivity contribution >= 4 is 23.3 Å². The topological polar surface area (TPSA) is 99.2 Å². The molecule has 1 amide bonds. The summed E-state index contributed by atoms with van der Waals surface area (Å²) >= 11 is 5.84. The average molecular weight is 325 g/mol. The van der Waals surface area contributed by atoms with Crippen molar-refractivity contribution in [3.63, 3.8) is 0 Å². The molecule has 8 heteroatoms. The molecule has 0 radical (unpaired) electrons. The number of carbonyl (C=O) groups is 1. The molecule has 0 spiro atoms. The molecular formula is C14H17ClN4O3. The highest BCUT2D eigenvalue weighted by molar-refractivity contribution is 6.30. The van der Waals surface area contributed by atoms with Gasteiger partial charge in [0.25, 0.3) is 5.91 Å². The van der Waals surface area contributed by atoms with Crippen LogP contribution in [-0.4, -0.2) is 40.8 Å². The van der Waals surface area contributed by atoms with Crippen molar-refractivity contribution in [2.75, 3.05) is 25.5 Å². The second-order valence-corrected chi connectivity index (χ2v) is 5.03. The summed E-state index contributed by atoms with van der Waals surface area (Å²) in [5.74, 6) is -0.111. The number of aromatic amines is 1. The van der Waals surface area contributed by atoms with Crippen molar-refractivity contribution in [1.82, 2.24) is 14.9 Å². The van der Waals surface area contributed by atoms with Crippen LogP contribution < -0.4 is 16.3 Å². The number of nitrogens with zero attached hydrogens (tertiary/aromatic N) is 1. The molecule has 0 unspecified atom stereocenters. The number of aliphatic hydroxyl groups is 1. The van der Waals surface area contributed by atoms with Crippen LogP contribution in [0.4, 0.5) is 5.82 Å². The van der Waals surface area contributed by atoms with Gasteiger partial charge in [-0.15, -0.1) is 0 Å². The van der Waals surface area contributed by atoms with E-state index in [1.165, 1.54) is 4.57 Å². The molecule has 1 aromatic heterocycles. The summed E-state index contributed by atoms with van der Waals surface area (Å²) in [6.45, 7) is 0.171. The van der Waals surface area contributed by atoms with E-state index in [0.717, 1.165) is 5.56 Å². The number of nitrogens with one attached hydrogen (secondary N) is 3. The maximum atomic E-state index is 12.2. The van der Waals surface area contributed by atoms with E-state index in [-0.39, 0.29) is 25.4 Å². The predicted molar refractivity (Wildman–Crippen MR) is 84.6 cm³/mol. The normalized spacial score (nSPS) is 10.5.